The van der Waals surface area contributed by atoms with Crippen LogP contribution in [0.4, 0.5) is 0 Å². The highest BCUT2D eigenvalue weighted by Crippen LogP contribution is 2.35. The van der Waals surface area contributed by atoms with Crippen LogP contribution in [-0.4, -0.2) is 27.2 Å². The van der Waals surface area contributed by atoms with E-state index in [0.29, 0.717) is 0 Å². The molecule has 1 heterocycles. The minimum atomic E-state index is -3.61. The minimum Gasteiger partial charge on any atom is -0.375 e. The third kappa shape index (κ3) is 5.30. The molecule has 1 aliphatic rings. The maximum absolute atomic E-state index is 12.0. The number of ether oxygens (including phenoxy) is 1. The van der Waals surface area contributed by atoms with Gasteiger partial charge in [-0.3, -0.25) is 4.18 Å². The van der Waals surface area contributed by atoms with Gasteiger partial charge in [-0.1, -0.05) is 43.9 Å². The first-order valence-electron chi connectivity index (χ1n) is 8.57. The molecule has 4 nitrogen and oxygen atoms in total. The smallest absolute Gasteiger partial charge is 0.296 e. The number of benzene rings is 1. The Morgan fingerprint density at radius 2 is 1.78 bits per heavy atom. The summed E-state index contributed by atoms with van der Waals surface area (Å²) in [4.78, 5) is 0.232. The lowest BCUT2D eigenvalue weighted by Crippen LogP contribution is -2.42. The van der Waals surface area contributed by atoms with Gasteiger partial charge >= 0.3 is 0 Å². The molecule has 1 aliphatic heterocycles. The van der Waals surface area contributed by atoms with Gasteiger partial charge in [0.2, 0.25) is 0 Å². The van der Waals surface area contributed by atoms with E-state index >= 15 is 0 Å². The van der Waals surface area contributed by atoms with Gasteiger partial charge in [-0.05, 0) is 44.7 Å². The first-order chi connectivity index (χ1) is 11.0. The molecule has 0 radical (unpaired) electrons. The summed E-state index contributed by atoms with van der Waals surface area (Å²) in [7, 11) is -3.61. The molecule has 1 unspecified atom stereocenters. The summed E-state index contributed by atoms with van der Waals surface area (Å²) >= 11 is 0. The Hall–Kier alpha value is -0.910. The summed E-state index contributed by atoms with van der Waals surface area (Å²) in [5, 5.41) is 0. The second-order valence-electron chi connectivity index (χ2n) is 6.39. The SMILES string of the molecule is CCC1(CCCCCCOS(=O)(=O)c2ccc(C)cc2)CCO1. The second-order valence-corrected chi connectivity index (χ2v) is 8.00. The fourth-order valence-electron chi connectivity index (χ4n) is 2.89. The Balaban J connectivity index is 1.60. The lowest BCUT2D eigenvalue weighted by Gasteiger charge is -2.41. The van der Waals surface area contributed by atoms with E-state index in [0.717, 1.165) is 50.7 Å². The van der Waals surface area contributed by atoms with Crippen molar-refractivity contribution in [3.63, 3.8) is 0 Å². The summed E-state index contributed by atoms with van der Waals surface area (Å²) in [5.74, 6) is 0. The summed E-state index contributed by atoms with van der Waals surface area (Å²) in [5.41, 5.74) is 1.18. The number of rotatable bonds is 10. The summed E-state index contributed by atoms with van der Waals surface area (Å²) in [6, 6.07) is 6.74. The average Bonchev–Trinajstić information content (AvgIpc) is 2.49. The molecule has 1 aromatic rings. The number of hydrogen-bond donors (Lipinski definition) is 0. The van der Waals surface area contributed by atoms with Gasteiger partial charge in [0.15, 0.2) is 0 Å². The molecule has 1 fully saturated rings. The molecule has 0 aliphatic carbocycles. The van der Waals surface area contributed by atoms with E-state index in [1.807, 2.05) is 6.92 Å². The molecule has 0 aromatic heterocycles. The van der Waals surface area contributed by atoms with Gasteiger partial charge in [0.1, 0.15) is 0 Å². The van der Waals surface area contributed by atoms with Crippen molar-refractivity contribution >= 4 is 10.1 Å². The molecule has 0 saturated carbocycles. The van der Waals surface area contributed by atoms with E-state index in [1.54, 1.807) is 24.3 Å². The molecule has 1 saturated heterocycles. The van der Waals surface area contributed by atoms with E-state index in [4.69, 9.17) is 8.92 Å². The first-order valence-corrected chi connectivity index (χ1v) is 9.98. The minimum absolute atomic E-state index is 0.144. The van der Waals surface area contributed by atoms with E-state index in [2.05, 4.69) is 6.92 Å². The van der Waals surface area contributed by atoms with E-state index in [1.165, 1.54) is 6.42 Å². The van der Waals surface area contributed by atoms with Crippen LogP contribution in [-0.2, 0) is 19.0 Å². The maximum atomic E-state index is 12.0. The molecule has 1 atom stereocenters. The molecule has 2 rings (SSSR count). The van der Waals surface area contributed by atoms with Crippen molar-refractivity contribution in [1.29, 1.82) is 0 Å². The molecule has 0 spiro atoms. The quantitative estimate of drug-likeness (QED) is 0.473. The van der Waals surface area contributed by atoms with Crippen molar-refractivity contribution in [3.05, 3.63) is 29.8 Å². The van der Waals surface area contributed by atoms with Crippen LogP contribution in [0.3, 0.4) is 0 Å². The van der Waals surface area contributed by atoms with Crippen molar-refractivity contribution < 1.29 is 17.3 Å². The summed E-state index contributed by atoms with van der Waals surface area (Å²) in [6.45, 7) is 5.27. The molecule has 0 N–H and O–H groups in total. The van der Waals surface area contributed by atoms with Crippen LogP contribution in [0.15, 0.2) is 29.2 Å². The third-order valence-electron chi connectivity index (χ3n) is 4.69. The van der Waals surface area contributed by atoms with Crippen LogP contribution in [0, 0.1) is 6.92 Å². The zero-order valence-electron chi connectivity index (χ0n) is 14.2. The number of aryl methyl sites for hydroxylation is 1. The predicted octanol–water partition coefficient (Wildman–Crippen LogP) is 4.22. The lowest BCUT2D eigenvalue weighted by atomic mass is 9.86. The topological polar surface area (TPSA) is 52.6 Å². The van der Waals surface area contributed by atoms with Crippen molar-refractivity contribution in [3.8, 4) is 0 Å². The normalized spacial score (nSPS) is 21.1. The van der Waals surface area contributed by atoms with E-state index < -0.39 is 10.1 Å². The van der Waals surface area contributed by atoms with Gasteiger partial charge in [-0.2, -0.15) is 8.42 Å². The molecular formula is C18H28O4S. The van der Waals surface area contributed by atoms with Crippen molar-refractivity contribution in [2.24, 2.45) is 0 Å². The van der Waals surface area contributed by atoms with Gasteiger partial charge < -0.3 is 4.74 Å². The largest absolute Gasteiger partial charge is 0.375 e. The van der Waals surface area contributed by atoms with Crippen LogP contribution in [0.2, 0.25) is 0 Å². The maximum Gasteiger partial charge on any atom is 0.296 e. The molecule has 5 heteroatoms. The van der Waals surface area contributed by atoms with Crippen LogP contribution in [0.5, 0.6) is 0 Å². The highest BCUT2D eigenvalue weighted by Gasteiger charge is 2.35. The second kappa shape index (κ2) is 8.27. The lowest BCUT2D eigenvalue weighted by molar-refractivity contribution is -0.154. The highest BCUT2D eigenvalue weighted by atomic mass is 32.2. The predicted molar refractivity (Wildman–Crippen MR) is 91.0 cm³/mol. The first kappa shape index (κ1) is 18.4. The molecule has 0 bridgehead atoms. The standard InChI is InChI=1S/C18H28O4S/c1-3-18(13-15-21-18)12-6-4-5-7-14-22-23(19,20)17-10-8-16(2)9-11-17/h8-11H,3-7,12-15H2,1-2H3. The molecule has 23 heavy (non-hydrogen) atoms. The van der Waals surface area contributed by atoms with Crippen molar-refractivity contribution in [2.45, 2.75) is 69.3 Å². The fourth-order valence-corrected chi connectivity index (χ4v) is 3.83. The Bertz CT molecular complexity index is 568. The summed E-state index contributed by atoms with van der Waals surface area (Å²) in [6.07, 6.45) is 7.38. The number of unbranched alkanes of at least 4 members (excludes halogenated alkanes) is 3. The zero-order chi connectivity index (χ0) is 16.8. The molecule has 130 valence electrons. The Morgan fingerprint density at radius 3 is 2.35 bits per heavy atom. The molecular weight excluding hydrogens is 312 g/mol. The Labute approximate surface area is 140 Å². The van der Waals surface area contributed by atoms with Crippen LogP contribution in [0.25, 0.3) is 0 Å². The van der Waals surface area contributed by atoms with Gasteiger partial charge in [0.05, 0.1) is 23.7 Å². The van der Waals surface area contributed by atoms with Crippen LogP contribution in [0.1, 0.15) is 57.4 Å². The summed E-state index contributed by atoms with van der Waals surface area (Å²) < 4.78 is 34.8. The van der Waals surface area contributed by atoms with Gasteiger partial charge in [0.25, 0.3) is 10.1 Å². The monoisotopic (exact) mass is 340 g/mol. The molecule has 0 amide bonds. The Kier molecular flexibility index (Phi) is 6.62. The zero-order valence-corrected chi connectivity index (χ0v) is 15.0. The average molecular weight is 340 g/mol. The van der Waals surface area contributed by atoms with Crippen LogP contribution < -0.4 is 0 Å². The van der Waals surface area contributed by atoms with Gasteiger partial charge in [0, 0.05) is 0 Å². The van der Waals surface area contributed by atoms with Gasteiger partial charge in [-0.25, -0.2) is 0 Å². The fraction of sp³-hybridized carbons (Fsp3) is 0.667. The highest BCUT2D eigenvalue weighted by molar-refractivity contribution is 7.86. The molecule has 1 aromatic carbocycles. The van der Waals surface area contributed by atoms with Gasteiger partial charge in [-0.15, -0.1) is 0 Å². The van der Waals surface area contributed by atoms with Crippen molar-refractivity contribution in [2.75, 3.05) is 13.2 Å². The van der Waals surface area contributed by atoms with E-state index in [-0.39, 0.29) is 17.1 Å². The van der Waals surface area contributed by atoms with Crippen molar-refractivity contribution in [1.82, 2.24) is 0 Å². The number of hydrogen-bond acceptors (Lipinski definition) is 4. The van der Waals surface area contributed by atoms with E-state index in [9.17, 15) is 8.42 Å². The third-order valence-corrected chi connectivity index (χ3v) is 6.01. The Morgan fingerprint density at radius 1 is 1.13 bits per heavy atom. The van der Waals surface area contributed by atoms with Crippen LogP contribution >= 0.6 is 0 Å².